The molecule has 20 heavy (non-hydrogen) atoms. The summed E-state index contributed by atoms with van der Waals surface area (Å²) in [5.74, 6) is 5.64. The molecule has 0 aliphatic heterocycles. The number of hydrogen-bond acceptors (Lipinski definition) is 6. The van der Waals surface area contributed by atoms with Crippen LogP contribution in [0.2, 0.25) is 0 Å². The maximum absolute atomic E-state index is 12.0. The van der Waals surface area contributed by atoms with Gasteiger partial charge in [0.05, 0.1) is 12.4 Å². The number of rotatable bonds is 4. The zero-order chi connectivity index (χ0) is 14.6. The second-order valence-electron chi connectivity index (χ2n) is 3.63. The summed E-state index contributed by atoms with van der Waals surface area (Å²) < 4.78 is 39.8. The van der Waals surface area contributed by atoms with Gasteiger partial charge in [0.1, 0.15) is 5.75 Å². The number of ether oxygens (including phenoxy) is 1. The number of nitrogens with zero attached hydrogens (tertiary/aromatic N) is 2. The molecule has 0 aliphatic rings. The third-order valence-corrected chi connectivity index (χ3v) is 2.14. The van der Waals surface area contributed by atoms with Crippen LogP contribution in [0.4, 0.5) is 30.5 Å². The highest BCUT2D eigenvalue weighted by Crippen LogP contribution is 2.24. The highest BCUT2D eigenvalue weighted by Gasteiger charge is 2.30. The van der Waals surface area contributed by atoms with Crippen molar-refractivity contribution in [3.8, 4) is 5.75 Å². The number of halogens is 3. The van der Waals surface area contributed by atoms with Gasteiger partial charge in [0, 0.05) is 5.69 Å². The maximum atomic E-state index is 12.0. The van der Waals surface area contributed by atoms with Crippen molar-refractivity contribution < 1.29 is 17.9 Å². The molecule has 0 atom stereocenters. The Hall–Kier alpha value is -2.55. The summed E-state index contributed by atoms with van der Waals surface area (Å²) >= 11 is 0. The van der Waals surface area contributed by atoms with Crippen LogP contribution in [0.3, 0.4) is 0 Å². The fraction of sp³-hybridized carbons (Fsp3) is 0.0909. The summed E-state index contributed by atoms with van der Waals surface area (Å²) in [6.07, 6.45) is -1.84. The first-order valence-corrected chi connectivity index (χ1v) is 5.38. The van der Waals surface area contributed by atoms with Crippen LogP contribution in [0.15, 0.2) is 36.7 Å². The van der Waals surface area contributed by atoms with Crippen molar-refractivity contribution in [3.05, 3.63) is 36.7 Å². The highest BCUT2D eigenvalue weighted by atomic mass is 19.4. The summed E-state index contributed by atoms with van der Waals surface area (Å²) in [5.41, 5.74) is 2.86. The Morgan fingerprint density at radius 3 is 2.30 bits per heavy atom. The van der Waals surface area contributed by atoms with Gasteiger partial charge in [-0.25, -0.2) is 10.8 Å². The van der Waals surface area contributed by atoms with Crippen molar-refractivity contribution in [1.82, 2.24) is 9.97 Å². The lowest BCUT2D eigenvalue weighted by molar-refractivity contribution is -0.274. The zero-order valence-corrected chi connectivity index (χ0v) is 9.98. The molecule has 4 N–H and O–H groups in total. The van der Waals surface area contributed by atoms with E-state index in [2.05, 4.69) is 25.4 Å². The first-order chi connectivity index (χ1) is 9.46. The molecule has 1 heterocycles. The third-order valence-electron chi connectivity index (χ3n) is 2.14. The van der Waals surface area contributed by atoms with Crippen LogP contribution in [0, 0.1) is 0 Å². The van der Waals surface area contributed by atoms with E-state index in [-0.39, 0.29) is 5.75 Å². The van der Waals surface area contributed by atoms with Crippen LogP contribution in [-0.2, 0) is 0 Å². The molecule has 1 aromatic carbocycles. The van der Waals surface area contributed by atoms with Gasteiger partial charge in [0.2, 0.25) is 0 Å². The molecular formula is C11H10F3N5O. The van der Waals surface area contributed by atoms with Gasteiger partial charge in [0.15, 0.2) is 11.6 Å². The van der Waals surface area contributed by atoms with Crippen LogP contribution < -0.4 is 21.3 Å². The largest absolute Gasteiger partial charge is 0.573 e. The van der Waals surface area contributed by atoms with Crippen molar-refractivity contribution >= 4 is 17.3 Å². The quantitative estimate of drug-likeness (QED) is 0.591. The van der Waals surface area contributed by atoms with Gasteiger partial charge in [-0.15, -0.1) is 13.2 Å². The minimum Gasteiger partial charge on any atom is -0.406 e. The lowest BCUT2D eigenvalue weighted by atomic mass is 10.3. The molecule has 1 aromatic heterocycles. The van der Waals surface area contributed by atoms with Gasteiger partial charge in [0.25, 0.3) is 0 Å². The summed E-state index contributed by atoms with van der Waals surface area (Å²) in [5, 5.41) is 2.86. The molecule has 0 aliphatic carbocycles. The number of nitrogens with one attached hydrogen (secondary N) is 2. The van der Waals surface area contributed by atoms with Gasteiger partial charge in [-0.1, -0.05) is 0 Å². The molecule has 2 rings (SSSR count). The highest BCUT2D eigenvalue weighted by molar-refractivity contribution is 5.57. The number of hydrazine groups is 1. The van der Waals surface area contributed by atoms with E-state index >= 15 is 0 Å². The van der Waals surface area contributed by atoms with Gasteiger partial charge >= 0.3 is 6.36 Å². The van der Waals surface area contributed by atoms with E-state index in [9.17, 15) is 13.2 Å². The second-order valence-corrected chi connectivity index (χ2v) is 3.63. The van der Waals surface area contributed by atoms with Crippen LogP contribution in [0.1, 0.15) is 0 Å². The molecule has 0 saturated heterocycles. The number of anilines is 3. The van der Waals surface area contributed by atoms with Crippen LogP contribution in [0.25, 0.3) is 0 Å². The molecule has 0 bridgehead atoms. The van der Waals surface area contributed by atoms with E-state index < -0.39 is 6.36 Å². The summed E-state index contributed by atoms with van der Waals surface area (Å²) in [7, 11) is 0. The lowest BCUT2D eigenvalue weighted by Gasteiger charge is -2.10. The zero-order valence-electron chi connectivity index (χ0n) is 9.98. The van der Waals surface area contributed by atoms with Gasteiger partial charge in [-0.2, -0.15) is 0 Å². The summed E-state index contributed by atoms with van der Waals surface area (Å²) in [6.45, 7) is 0. The Labute approximate surface area is 111 Å². The topological polar surface area (TPSA) is 85.1 Å². The standard InChI is InChI=1S/C11H10F3N5O/c12-11(13,14)20-8-3-1-7(2-4-8)17-9-5-16-6-10(18-9)19-15/h1-6H,15H2,(H2,17,18,19). The average molecular weight is 285 g/mol. The number of nitrogens with two attached hydrogens (primary N) is 1. The van der Waals surface area contributed by atoms with Crippen molar-refractivity contribution in [2.45, 2.75) is 6.36 Å². The molecule has 0 unspecified atom stereocenters. The minimum absolute atomic E-state index is 0.300. The molecule has 0 radical (unpaired) electrons. The van der Waals surface area contributed by atoms with Crippen LogP contribution in [0.5, 0.6) is 5.75 Å². The van der Waals surface area contributed by atoms with Crippen molar-refractivity contribution in [2.75, 3.05) is 10.7 Å². The molecule has 6 nitrogen and oxygen atoms in total. The SMILES string of the molecule is NNc1cncc(Nc2ccc(OC(F)(F)F)cc2)n1. The Morgan fingerprint density at radius 2 is 1.70 bits per heavy atom. The van der Waals surface area contributed by atoms with E-state index in [1.807, 2.05) is 0 Å². The summed E-state index contributed by atoms with van der Waals surface area (Å²) in [4.78, 5) is 7.92. The van der Waals surface area contributed by atoms with E-state index in [0.29, 0.717) is 17.3 Å². The number of alkyl halides is 3. The second kappa shape index (κ2) is 5.61. The van der Waals surface area contributed by atoms with Crippen molar-refractivity contribution in [2.24, 2.45) is 5.84 Å². The molecule has 106 valence electrons. The predicted molar refractivity (Wildman–Crippen MR) is 66.2 cm³/mol. The number of benzene rings is 1. The van der Waals surface area contributed by atoms with Gasteiger partial charge in [-0.3, -0.25) is 4.98 Å². The van der Waals surface area contributed by atoms with E-state index in [0.717, 1.165) is 0 Å². The Kier molecular flexibility index (Phi) is 3.89. The average Bonchev–Trinajstić information content (AvgIpc) is 2.40. The third kappa shape index (κ3) is 3.99. The maximum Gasteiger partial charge on any atom is 0.573 e. The minimum atomic E-state index is -4.71. The normalized spacial score (nSPS) is 11.0. The van der Waals surface area contributed by atoms with E-state index in [1.54, 1.807) is 0 Å². The fourth-order valence-electron chi connectivity index (χ4n) is 1.38. The van der Waals surface area contributed by atoms with Crippen molar-refractivity contribution in [3.63, 3.8) is 0 Å². The Bertz CT molecular complexity index is 573. The Morgan fingerprint density at radius 1 is 1.05 bits per heavy atom. The van der Waals surface area contributed by atoms with Gasteiger partial charge < -0.3 is 15.5 Å². The van der Waals surface area contributed by atoms with Crippen LogP contribution >= 0.6 is 0 Å². The molecule has 2 aromatic rings. The first kappa shape index (κ1) is 13.9. The van der Waals surface area contributed by atoms with E-state index in [4.69, 9.17) is 5.84 Å². The Balaban J connectivity index is 2.06. The molecule has 0 fully saturated rings. The number of aromatic nitrogens is 2. The predicted octanol–water partition coefficient (Wildman–Crippen LogP) is 2.40. The van der Waals surface area contributed by atoms with Gasteiger partial charge in [-0.05, 0) is 24.3 Å². The molecule has 0 amide bonds. The summed E-state index contributed by atoms with van der Waals surface area (Å²) in [6, 6.07) is 5.22. The monoisotopic (exact) mass is 285 g/mol. The first-order valence-electron chi connectivity index (χ1n) is 5.38. The number of hydrogen-bond donors (Lipinski definition) is 3. The molecular weight excluding hydrogens is 275 g/mol. The molecule has 9 heteroatoms. The van der Waals surface area contributed by atoms with Crippen molar-refractivity contribution in [1.29, 1.82) is 0 Å². The van der Waals surface area contributed by atoms with Crippen LogP contribution in [-0.4, -0.2) is 16.3 Å². The number of nitrogen functional groups attached to an aromatic ring is 1. The lowest BCUT2D eigenvalue weighted by Crippen LogP contribution is -2.17. The fourth-order valence-corrected chi connectivity index (χ4v) is 1.38. The van der Waals surface area contributed by atoms with E-state index in [1.165, 1.54) is 36.7 Å². The molecule has 0 spiro atoms. The smallest absolute Gasteiger partial charge is 0.406 e. The molecule has 0 saturated carbocycles.